The van der Waals surface area contributed by atoms with Gasteiger partial charge in [-0.1, -0.05) is 31.2 Å². The van der Waals surface area contributed by atoms with Gasteiger partial charge in [0.15, 0.2) is 5.65 Å². The molecule has 4 rings (SSSR count). The maximum absolute atomic E-state index is 12.3. The molecule has 0 bridgehead atoms. The number of rotatable bonds is 3. The number of aromatic nitrogens is 3. The first-order valence-corrected chi connectivity index (χ1v) is 7.62. The summed E-state index contributed by atoms with van der Waals surface area (Å²) >= 11 is 0. The Balaban J connectivity index is 1.58. The zero-order valence-corrected chi connectivity index (χ0v) is 12.5. The smallest absolute Gasteiger partial charge is 0.350 e. The Hall–Kier alpha value is -2.56. The molecule has 0 saturated carbocycles. The highest BCUT2D eigenvalue weighted by atomic mass is 16.2. The van der Waals surface area contributed by atoms with Crippen molar-refractivity contribution in [3.63, 3.8) is 0 Å². The molecule has 22 heavy (non-hydrogen) atoms. The number of anilines is 1. The van der Waals surface area contributed by atoms with Crippen molar-refractivity contribution < 1.29 is 0 Å². The molecule has 5 nitrogen and oxygen atoms in total. The average molecular weight is 294 g/mol. The molecular formula is C17H18N4O. The molecule has 1 unspecified atom stereocenters. The number of para-hydroxylation sites is 1. The molecule has 0 amide bonds. The number of hydrogen-bond acceptors (Lipinski definition) is 3. The van der Waals surface area contributed by atoms with Crippen molar-refractivity contribution in [3.05, 3.63) is 64.7 Å². The van der Waals surface area contributed by atoms with E-state index in [1.54, 1.807) is 15.3 Å². The van der Waals surface area contributed by atoms with Gasteiger partial charge in [-0.05, 0) is 23.8 Å². The molecule has 3 aromatic rings. The summed E-state index contributed by atoms with van der Waals surface area (Å²) in [6.45, 7) is 4.64. The van der Waals surface area contributed by atoms with Crippen molar-refractivity contribution in [2.24, 2.45) is 0 Å². The molecule has 0 saturated heterocycles. The minimum atomic E-state index is -0.0730. The highest BCUT2D eigenvalue weighted by Gasteiger charge is 2.24. The van der Waals surface area contributed by atoms with E-state index in [0.29, 0.717) is 18.1 Å². The molecule has 0 spiro atoms. The van der Waals surface area contributed by atoms with E-state index >= 15 is 0 Å². The minimum Gasteiger partial charge on any atom is -0.369 e. The molecule has 1 aliphatic rings. The predicted molar refractivity (Wildman–Crippen MR) is 86.5 cm³/mol. The average Bonchev–Trinajstić information content (AvgIpc) is 3.04. The summed E-state index contributed by atoms with van der Waals surface area (Å²) in [5.74, 6) is 0.536. The summed E-state index contributed by atoms with van der Waals surface area (Å²) in [6, 6.07) is 14.1. The standard InChI is InChI=1S/C17H18N4O/c1-13-12-19(15-7-3-2-6-14(13)15)10-11-21-17(22)20-9-5-4-8-16(20)18-21/h2-9,13H,10-12H2,1H3. The summed E-state index contributed by atoms with van der Waals surface area (Å²) in [7, 11) is 0. The van der Waals surface area contributed by atoms with Crippen LogP contribution in [0.4, 0.5) is 5.69 Å². The lowest BCUT2D eigenvalue weighted by atomic mass is 10.0. The van der Waals surface area contributed by atoms with E-state index in [4.69, 9.17) is 0 Å². The lowest BCUT2D eigenvalue weighted by Gasteiger charge is -2.19. The zero-order valence-electron chi connectivity index (χ0n) is 12.5. The van der Waals surface area contributed by atoms with Crippen LogP contribution in [0.5, 0.6) is 0 Å². The van der Waals surface area contributed by atoms with Crippen LogP contribution in [0.15, 0.2) is 53.5 Å². The minimum absolute atomic E-state index is 0.0730. The van der Waals surface area contributed by atoms with Gasteiger partial charge in [-0.3, -0.25) is 4.40 Å². The Labute approximate surface area is 128 Å². The Kier molecular flexibility index (Phi) is 2.99. The van der Waals surface area contributed by atoms with E-state index in [-0.39, 0.29) is 5.69 Å². The normalized spacial score (nSPS) is 17.1. The van der Waals surface area contributed by atoms with Gasteiger partial charge in [0.2, 0.25) is 0 Å². The van der Waals surface area contributed by atoms with Crippen molar-refractivity contribution in [3.8, 4) is 0 Å². The van der Waals surface area contributed by atoms with Gasteiger partial charge in [0.05, 0.1) is 6.54 Å². The second kappa shape index (κ2) is 5.02. The van der Waals surface area contributed by atoms with E-state index in [0.717, 1.165) is 13.1 Å². The molecule has 2 aromatic heterocycles. The Morgan fingerprint density at radius 2 is 1.95 bits per heavy atom. The number of fused-ring (bicyclic) bond motifs is 2. The van der Waals surface area contributed by atoms with Crippen molar-refractivity contribution in [1.29, 1.82) is 0 Å². The fourth-order valence-corrected chi connectivity index (χ4v) is 3.26. The first kappa shape index (κ1) is 13.1. The van der Waals surface area contributed by atoms with E-state index in [1.807, 2.05) is 18.2 Å². The highest BCUT2D eigenvalue weighted by molar-refractivity contribution is 5.59. The molecule has 0 fully saturated rings. The summed E-state index contributed by atoms with van der Waals surface area (Å²) in [5.41, 5.74) is 3.30. The molecule has 1 aromatic carbocycles. The zero-order chi connectivity index (χ0) is 15.1. The van der Waals surface area contributed by atoms with Crippen LogP contribution in [-0.2, 0) is 6.54 Å². The van der Waals surface area contributed by atoms with Crippen LogP contribution in [0, 0.1) is 0 Å². The lowest BCUT2D eigenvalue weighted by molar-refractivity contribution is 0.577. The van der Waals surface area contributed by atoms with Gasteiger partial charge in [-0.15, -0.1) is 5.10 Å². The van der Waals surface area contributed by atoms with Gasteiger partial charge < -0.3 is 4.90 Å². The van der Waals surface area contributed by atoms with Crippen LogP contribution in [0.2, 0.25) is 0 Å². The number of benzene rings is 1. The molecule has 3 heterocycles. The molecule has 0 aliphatic carbocycles. The van der Waals surface area contributed by atoms with Crippen molar-refractivity contribution >= 4 is 11.3 Å². The van der Waals surface area contributed by atoms with E-state index in [9.17, 15) is 4.79 Å². The second-order valence-corrected chi connectivity index (χ2v) is 5.84. The fourth-order valence-electron chi connectivity index (χ4n) is 3.26. The third-order valence-corrected chi connectivity index (χ3v) is 4.37. The van der Waals surface area contributed by atoms with Crippen LogP contribution >= 0.6 is 0 Å². The van der Waals surface area contributed by atoms with Gasteiger partial charge in [0.1, 0.15) is 0 Å². The molecule has 112 valence electrons. The van der Waals surface area contributed by atoms with E-state index < -0.39 is 0 Å². The molecule has 0 N–H and O–H groups in total. The first-order chi connectivity index (χ1) is 10.7. The Morgan fingerprint density at radius 1 is 1.14 bits per heavy atom. The highest BCUT2D eigenvalue weighted by Crippen LogP contribution is 2.35. The van der Waals surface area contributed by atoms with Crippen LogP contribution < -0.4 is 10.6 Å². The summed E-state index contributed by atoms with van der Waals surface area (Å²) in [4.78, 5) is 14.6. The maximum atomic E-state index is 12.3. The topological polar surface area (TPSA) is 42.5 Å². The largest absolute Gasteiger partial charge is 0.369 e. The van der Waals surface area contributed by atoms with E-state index in [2.05, 4.69) is 41.2 Å². The maximum Gasteiger partial charge on any atom is 0.350 e. The van der Waals surface area contributed by atoms with Crippen molar-refractivity contribution in [2.75, 3.05) is 18.0 Å². The molecule has 5 heteroatoms. The summed E-state index contributed by atoms with van der Waals surface area (Å²) in [5, 5.41) is 4.39. The van der Waals surface area contributed by atoms with Crippen molar-refractivity contribution in [1.82, 2.24) is 14.2 Å². The first-order valence-electron chi connectivity index (χ1n) is 7.62. The van der Waals surface area contributed by atoms with Gasteiger partial charge in [0, 0.05) is 30.9 Å². The van der Waals surface area contributed by atoms with Crippen molar-refractivity contribution in [2.45, 2.75) is 19.4 Å². The van der Waals surface area contributed by atoms with Gasteiger partial charge >= 0.3 is 5.69 Å². The Morgan fingerprint density at radius 3 is 2.82 bits per heavy atom. The van der Waals surface area contributed by atoms with Gasteiger partial charge in [-0.2, -0.15) is 0 Å². The molecular weight excluding hydrogens is 276 g/mol. The third kappa shape index (κ3) is 2.01. The monoisotopic (exact) mass is 294 g/mol. The van der Waals surface area contributed by atoms with Crippen LogP contribution in [0.1, 0.15) is 18.4 Å². The Bertz CT molecular complexity index is 879. The second-order valence-electron chi connectivity index (χ2n) is 5.84. The van der Waals surface area contributed by atoms with Crippen LogP contribution in [0.3, 0.4) is 0 Å². The molecule has 1 atom stereocenters. The lowest BCUT2D eigenvalue weighted by Crippen LogP contribution is -2.30. The molecule has 1 aliphatic heterocycles. The van der Waals surface area contributed by atoms with Crippen LogP contribution in [-0.4, -0.2) is 27.3 Å². The van der Waals surface area contributed by atoms with Gasteiger partial charge in [0.25, 0.3) is 0 Å². The number of hydrogen-bond donors (Lipinski definition) is 0. The number of pyridine rings is 1. The van der Waals surface area contributed by atoms with E-state index in [1.165, 1.54) is 11.3 Å². The fraction of sp³-hybridized carbons (Fsp3) is 0.294. The predicted octanol–water partition coefficient (Wildman–Crippen LogP) is 2.12. The van der Waals surface area contributed by atoms with Gasteiger partial charge in [-0.25, -0.2) is 9.48 Å². The quantitative estimate of drug-likeness (QED) is 0.743. The van der Waals surface area contributed by atoms with Crippen LogP contribution in [0.25, 0.3) is 5.65 Å². The summed E-state index contributed by atoms with van der Waals surface area (Å²) < 4.78 is 3.14. The molecule has 0 radical (unpaired) electrons. The SMILES string of the molecule is CC1CN(CCn2nc3ccccn3c2=O)c2ccccc21. The number of nitrogens with zero attached hydrogens (tertiary/aromatic N) is 4. The third-order valence-electron chi connectivity index (χ3n) is 4.37. The summed E-state index contributed by atoms with van der Waals surface area (Å²) in [6.07, 6.45) is 1.76.